The third-order valence-electron chi connectivity index (χ3n) is 5.02. The van der Waals surface area contributed by atoms with E-state index in [9.17, 15) is 9.59 Å². The number of amides is 3. The van der Waals surface area contributed by atoms with Crippen molar-refractivity contribution in [2.24, 2.45) is 5.92 Å². The highest BCUT2D eigenvalue weighted by atomic mass is 16.2. The van der Waals surface area contributed by atoms with Crippen LogP contribution in [0.3, 0.4) is 0 Å². The Morgan fingerprint density at radius 3 is 2.38 bits per heavy atom. The molecular formula is C22H37N5O2. The van der Waals surface area contributed by atoms with Crippen LogP contribution in [-0.4, -0.2) is 74.1 Å². The Hall–Kier alpha value is -2.12. The van der Waals surface area contributed by atoms with Gasteiger partial charge in [-0.3, -0.25) is 9.69 Å². The monoisotopic (exact) mass is 403 g/mol. The summed E-state index contributed by atoms with van der Waals surface area (Å²) in [6.07, 6.45) is 2.67. The van der Waals surface area contributed by atoms with Crippen LogP contribution in [0.1, 0.15) is 33.1 Å². The zero-order valence-corrected chi connectivity index (χ0v) is 18.3. The standard InChI is InChI=1S/C22H37N5O2/c1-17(2)14-20(15-26(3)4)25-22(29)24-19-10-12-27(13-11-19)16-21(28)23-18-8-6-5-7-9-18/h5-9,17,19-20H,10-16H2,1-4H3,(H,23,28)(H2,24,25,29). The molecule has 0 radical (unpaired) electrons. The van der Waals surface area contributed by atoms with Gasteiger partial charge in [-0.05, 0) is 51.4 Å². The number of piperidine rings is 1. The van der Waals surface area contributed by atoms with Crippen molar-refractivity contribution in [2.75, 3.05) is 45.6 Å². The highest BCUT2D eigenvalue weighted by Crippen LogP contribution is 2.12. The maximum Gasteiger partial charge on any atom is 0.315 e. The molecule has 1 aliphatic rings. The van der Waals surface area contributed by atoms with Gasteiger partial charge < -0.3 is 20.9 Å². The maximum absolute atomic E-state index is 12.4. The van der Waals surface area contributed by atoms with Gasteiger partial charge >= 0.3 is 6.03 Å². The van der Waals surface area contributed by atoms with E-state index >= 15 is 0 Å². The number of likely N-dealkylation sites (N-methyl/N-ethyl adjacent to an activating group) is 1. The topological polar surface area (TPSA) is 76.7 Å². The van der Waals surface area contributed by atoms with Gasteiger partial charge in [-0.2, -0.15) is 0 Å². The van der Waals surface area contributed by atoms with Gasteiger partial charge in [0.2, 0.25) is 5.91 Å². The van der Waals surface area contributed by atoms with E-state index in [1.807, 2.05) is 44.4 Å². The summed E-state index contributed by atoms with van der Waals surface area (Å²) in [5, 5.41) is 9.16. The number of nitrogens with one attached hydrogen (secondary N) is 3. The summed E-state index contributed by atoms with van der Waals surface area (Å²) in [4.78, 5) is 28.9. The zero-order valence-electron chi connectivity index (χ0n) is 18.3. The van der Waals surface area contributed by atoms with Gasteiger partial charge in [0.25, 0.3) is 0 Å². The van der Waals surface area contributed by atoms with Crippen molar-refractivity contribution in [3.05, 3.63) is 30.3 Å². The zero-order chi connectivity index (χ0) is 21.2. The second-order valence-electron chi connectivity index (χ2n) is 8.67. The summed E-state index contributed by atoms with van der Waals surface area (Å²) in [6.45, 7) is 7.17. The predicted octanol–water partition coefficient (Wildman–Crippen LogP) is 2.37. The Bertz CT molecular complexity index is 617. The van der Waals surface area contributed by atoms with Crippen LogP contribution in [0, 0.1) is 5.92 Å². The number of carbonyl (C=O) groups excluding carboxylic acids is 2. The number of nitrogens with zero attached hydrogens (tertiary/aromatic N) is 2. The van der Waals surface area contributed by atoms with Crippen molar-refractivity contribution >= 4 is 17.6 Å². The summed E-state index contributed by atoms with van der Waals surface area (Å²) >= 11 is 0. The van der Waals surface area contributed by atoms with Crippen LogP contribution >= 0.6 is 0 Å². The molecule has 1 aromatic rings. The predicted molar refractivity (Wildman–Crippen MR) is 118 cm³/mol. The van der Waals surface area contributed by atoms with E-state index in [4.69, 9.17) is 0 Å². The lowest BCUT2D eigenvalue weighted by molar-refractivity contribution is -0.117. The molecule has 162 valence electrons. The number of urea groups is 1. The number of hydrogen-bond acceptors (Lipinski definition) is 4. The van der Waals surface area contributed by atoms with Crippen molar-refractivity contribution < 1.29 is 9.59 Å². The van der Waals surface area contributed by atoms with Gasteiger partial charge in [0, 0.05) is 37.4 Å². The molecule has 0 saturated carbocycles. The Labute approximate surface area is 175 Å². The van der Waals surface area contributed by atoms with Crippen LogP contribution in [0.2, 0.25) is 0 Å². The van der Waals surface area contributed by atoms with Gasteiger partial charge in [-0.1, -0.05) is 32.0 Å². The first-order chi connectivity index (χ1) is 13.8. The maximum atomic E-state index is 12.4. The van der Waals surface area contributed by atoms with Crippen molar-refractivity contribution in [3.8, 4) is 0 Å². The molecule has 1 unspecified atom stereocenters. The minimum Gasteiger partial charge on any atom is -0.335 e. The number of anilines is 1. The lowest BCUT2D eigenvalue weighted by Crippen LogP contribution is -2.52. The van der Waals surface area contributed by atoms with Gasteiger partial charge in [0.15, 0.2) is 0 Å². The molecule has 1 atom stereocenters. The SMILES string of the molecule is CC(C)CC(CN(C)C)NC(=O)NC1CCN(CC(=O)Nc2ccccc2)CC1. The molecule has 7 nitrogen and oxygen atoms in total. The third-order valence-corrected chi connectivity index (χ3v) is 5.02. The number of likely N-dealkylation sites (tertiary alicyclic amines) is 1. The molecule has 3 N–H and O–H groups in total. The second kappa shape index (κ2) is 11.8. The molecule has 2 rings (SSSR count). The van der Waals surface area contributed by atoms with E-state index in [0.717, 1.165) is 44.6 Å². The lowest BCUT2D eigenvalue weighted by Gasteiger charge is -2.32. The lowest BCUT2D eigenvalue weighted by atomic mass is 10.0. The Kier molecular flexibility index (Phi) is 9.41. The summed E-state index contributed by atoms with van der Waals surface area (Å²) in [5.74, 6) is 0.533. The number of benzene rings is 1. The van der Waals surface area contributed by atoms with E-state index in [1.54, 1.807) is 0 Å². The molecule has 0 bridgehead atoms. The van der Waals surface area contributed by atoms with Crippen LogP contribution in [-0.2, 0) is 4.79 Å². The van der Waals surface area contributed by atoms with Crippen LogP contribution < -0.4 is 16.0 Å². The number of para-hydroxylation sites is 1. The van der Waals surface area contributed by atoms with Crippen LogP contribution in [0.15, 0.2) is 30.3 Å². The summed E-state index contributed by atoms with van der Waals surface area (Å²) in [6, 6.07) is 9.72. The van der Waals surface area contributed by atoms with Crippen LogP contribution in [0.5, 0.6) is 0 Å². The van der Waals surface area contributed by atoms with Crippen LogP contribution in [0.4, 0.5) is 10.5 Å². The minimum atomic E-state index is -0.0854. The Morgan fingerprint density at radius 1 is 1.14 bits per heavy atom. The van der Waals surface area contributed by atoms with Crippen molar-refractivity contribution in [2.45, 2.75) is 45.2 Å². The number of carbonyl (C=O) groups is 2. The first kappa shape index (κ1) is 23.2. The fourth-order valence-electron chi connectivity index (χ4n) is 3.76. The van der Waals surface area contributed by atoms with Gasteiger partial charge in [-0.25, -0.2) is 4.79 Å². The van der Waals surface area contributed by atoms with Crippen molar-refractivity contribution in [3.63, 3.8) is 0 Å². The van der Waals surface area contributed by atoms with Crippen LogP contribution in [0.25, 0.3) is 0 Å². The highest BCUT2D eigenvalue weighted by molar-refractivity contribution is 5.92. The summed E-state index contributed by atoms with van der Waals surface area (Å²) in [5.41, 5.74) is 0.819. The molecule has 7 heteroatoms. The molecule has 3 amide bonds. The Balaban J connectivity index is 1.70. The van der Waals surface area contributed by atoms with Gasteiger partial charge in [0.1, 0.15) is 0 Å². The fourth-order valence-corrected chi connectivity index (χ4v) is 3.76. The molecule has 0 spiro atoms. The molecule has 1 aliphatic heterocycles. The first-order valence-electron chi connectivity index (χ1n) is 10.6. The molecule has 1 heterocycles. The van der Waals surface area contributed by atoms with Gasteiger partial charge in [0.05, 0.1) is 6.54 Å². The Morgan fingerprint density at radius 2 is 1.79 bits per heavy atom. The average Bonchev–Trinajstić information content (AvgIpc) is 2.63. The summed E-state index contributed by atoms with van der Waals surface area (Å²) in [7, 11) is 4.05. The van der Waals surface area contributed by atoms with Crippen molar-refractivity contribution in [1.29, 1.82) is 0 Å². The molecule has 1 fully saturated rings. The smallest absolute Gasteiger partial charge is 0.315 e. The van der Waals surface area contributed by atoms with E-state index in [0.29, 0.717) is 12.5 Å². The number of hydrogen-bond donors (Lipinski definition) is 3. The third kappa shape index (κ3) is 9.28. The molecule has 1 saturated heterocycles. The average molecular weight is 404 g/mol. The largest absolute Gasteiger partial charge is 0.335 e. The van der Waals surface area contributed by atoms with Crippen molar-refractivity contribution in [1.82, 2.24) is 20.4 Å². The quantitative estimate of drug-likeness (QED) is 0.592. The van der Waals surface area contributed by atoms with E-state index < -0.39 is 0 Å². The summed E-state index contributed by atoms with van der Waals surface area (Å²) < 4.78 is 0. The van der Waals surface area contributed by atoms with E-state index in [1.165, 1.54) is 0 Å². The molecule has 0 aliphatic carbocycles. The van der Waals surface area contributed by atoms with E-state index in [2.05, 4.69) is 39.6 Å². The highest BCUT2D eigenvalue weighted by Gasteiger charge is 2.23. The minimum absolute atomic E-state index is 0.000523. The van der Waals surface area contributed by atoms with Gasteiger partial charge in [-0.15, -0.1) is 0 Å². The second-order valence-corrected chi connectivity index (χ2v) is 8.67. The molecule has 29 heavy (non-hydrogen) atoms. The normalized spacial score (nSPS) is 16.6. The first-order valence-corrected chi connectivity index (χ1v) is 10.6. The fraction of sp³-hybridized carbons (Fsp3) is 0.636. The van der Waals surface area contributed by atoms with E-state index in [-0.39, 0.29) is 24.0 Å². The molecule has 1 aromatic carbocycles. The number of rotatable bonds is 9. The molecular weight excluding hydrogens is 366 g/mol. The molecule has 0 aromatic heterocycles.